The second kappa shape index (κ2) is 4.18. The molecule has 0 bridgehead atoms. The van der Waals surface area contributed by atoms with Gasteiger partial charge in [-0.15, -0.1) is 0 Å². The van der Waals surface area contributed by atoms with Crippen molar-refractivity contribution in [3.63, 3.8) is 0 Å². The first-order chi connectivity index (χ1) is 10.1. The van der Waals surface area contributed by atoms with Crippen molar-refractivity contribution in [1.82, 2.24) is 0 Å². The maximum Gasteiger partial charge on any atom is 0.148 e. The van der Waals surface area contributed by atoms with Crippen molar-refractivity contribution in [3.8, 4) is 0 Å². The van der Waals surface area contributed by atoms with Gasteiger partial charge in [0.25, 0.3) is 0 Å². The van der Waals surface area contributed by atoms with Crippen molar-refractivity contribution < 1.29 is 13.9 Å². The van der Waals surface area contributed by atoms with Crippen LogP contribution in [0.25, 0.3) is 11.0 Å². The molecular weight excluding hydrogens is 267 g/mol. The highest BCUT2D eigenvalue weighted by Gasteiger charge is 2.42. The van der Waals surface area contributed by atoms with Gasteiger partial charge in [-0.3, -0.25) is 0 Å². The van der Waals surface area contributed by atoms with Gasteiger partial charge in [0.2, 0.25) is 0 Å². The molecule has 1 aliphatic rings. The van der Waals surface area contributed by atoms with Gasteiger partial charge in [0.05, 0.1) is 0 Å². The van der Waals surface area contributed by atoms with Gasteiger partial charge in [0.15, 0.2) is 0 Å². The van der Waals surface area contributed by atoms with Crippen molar-refractivity contribution in [2.45, 2.75) is 25.4 Å². The molecule has 4 rings (SSSR count). The van der Waals surface area contributed by atoms with Crippen LogP contribution in [-0.2, 0) is 12.0 Å². The zero-order chi connectivity index (χ0) is 14.6. The highest BCUT2D eigenvalue weighted by atomic mass is 19.1. The molecule has 1 atom stereocenters. The van der Waals surface area contributed by atoms with E-state index in [1.165, 1.54) is 6.07 Å². The molecule has 0 fully saturated rings. The van der Waals surface area contributed by atoms with E-state index in [0.29, 0.717) is 29.7 Å². The molecule has 1 aromatic heterocycles. The van der Waals surface area contributed by atoms with Crippen molar-refractivity contribution in [3.05, 3.63) is 70.7 Å². The van der Waals surface area contributed by atoms with Crippen LogP contribution in [0.2, 0.25) is 0 Å². The van der Waals surface area contributed by atoms with Crippen LogP contribution in [0, 0.1) is 12.7 Å². The van der Waals surface area contributed by atoms with Crippen molar-refractivity contribution >= 4 is 11.0 Å². The van der Waals surface area contributed by atoms with Gasteiger partial charge in [0, 0.05) is 5.39 Å². The van der Waals surface area contributed by atoms with Crippen molar-refractivity contribution in [2.24, 2.45) is 0 Å². The quantitative estimate of drug-likeness (QED) is 0.730. The smallest absolute Gasteiger partial charge is 0.148 e. The van der Waals surface area contributed by atoms with Crippen LogP contribution in [0.5, 0.6) is 0 Å². The van der Waals surface area contributed by atoms with Crippen molar-refractivity contribution in [1.29, 1.82) is 0 Å². The molecule has 3 aromatic rings. The average molecular weight is 282 g/mol. The molecule has 3 heteroatoms. The fourth-order valence-electron chi connectivity index (χ4n) is 3.31. The summed E-state index contributed by atoms with van der Waals surface area (Å²) in [7, 11) is 0. The largest absolute Gasteiger partial charge is 0.457 e. The van der Waals surface area contributed by atoms with E-state index in [-0.39, 0.29) is 5.82 Å². The molecule has 0 saturated carbocycles. The molecule has 2 aromatic carbocycles. The summed E-state index contributed by atoms with van der Waals surface area (Å²) in [6.45, 7) is 1.97. The number of benzene rings is 2. The fraction of sp³-hybridized carbons (Fsp3) is 0.222. The van der Waals surface area contributed by atoms with E-state index in [0.717, 1.165) is 16.5 Å². The number of halogens is 1. The predicted molar refractivity (Wildman–Crippen MR) is 78.7 cm³/mol. The topological polar surface area (TPSA) is 33.4 Å². The lowest BCUT2D eigenvalue weighted by Crippen LogP contribution is -2.23. The lowest BCUT2D eigenvalue weighted by atomic mass is 9.93. The number of aryl methyl sites for hydroxylation is 1. The first kappa shape index (κ1) is 12.6. The van der Waals surface area contributed by atoms with Crippen LogP contribution < -0.4 is 0 Å². The molecule has 0 amide bonds. The van der Waals surface area contributed by atoms with E-state index >= 15 is 0 Å². The molecular formula is C18H15FO2. The summed E-state index contributed by atoms with van der Waals surface area (Å²) in [5.74, 6) is 0.242. The average Bonchev–Trinajstić information content (AvgIpc) is 3.04. The normalized spacial score (nSPS) is 20.9. The Morgan fingerprint density at radius 2 is 2.00 bits per heavy atom. The second-order valence-electron chi connectivity index (χ2n) is 5.73. The Balaban J connectivity index is 1.94. The summed E-state index contributed by atoms with van der Waals surface area (Å²) in [4.78, 5) is 0. The molecule has 1 N–H and O–H groups in total. The highest BCUT2D eigenvalue weighted by Crippen LogP contribution is 2.44. The molecule has 21 heavy (non-hydrogen) atoms. The summed E-state index contributed by atoms with van der Waals surface area (Å²) in [6.07, 6.45) is 0.969. The van der Waals surface area contributed by atoms with Crippen LogP contribution >= 0.6 is 0 Å². The molecule has 1 aliphatic carbocycles. The van der Waals surface area contributed by atoms with E-state index in [4.69, 9.17) is 4.42 Å². The molecule has 106 valence electrons. The first-order valence-electron chi connectivity index (χ1n) is 7.09. The highest BCUT2D eigenvalue weighted by molar-refractivity contribution is 5.81. The SMILES string of the molecule is Cc1cccc2cc(C3(O)CCc4c(F)cccc43)oc12. The van der Waals surface area contributed by atoms with Crippen LogP contribution in [-0.4, -0.2) is 5.11 Å². The predicted octanol–water partition coefficient (Wildman–Crippen LogP) is 4.06. The Labute approximate surface area is 121 Å². The second-order valence-corrected chi connectivity index (χ2v) is 5.73. The lowest BCUT2D eigenvalue weighted by Gasteiger charge is -2.21. The van der Waals surface area contributed by atoms with E-state index in [2.05, 4.69) is 0 Å². The van der Waals surface area contributed by atoms with E-state index in [1.54, 1.807) is 12.1 Å². The van der Waals surface area contributed by atoms with Crippen LogP contribution in [0.15, 0.2) is 46.9 Å². The van der Waals surface area contributed by atoms with Gasteiger partial charge >= 0.3 is 0 Å². The van der Waals surface area contributed by atoms with Gasteiger partial charge in [-0.05, 0) is 48.6 Å². The number of hydrogen-bond acceptors (Lipinski definition) is 2. The molecule has 0 saturated heterocycles. The van der Waals surface area contributed by atoms with Crippen LogP contribution in [0.1, 0.15) is 28.9 Å². The molecule has 1 heterocycles. The van der Waals surface area contributed by atoms with Crippen LogP contribution in [0.4, 0.5) is 4.39 Å². The number of rotatable bonds is 1. The number of furan rings is 1. The minimum absolute atomic E-state index is 0.254. The third-order valence-electron chi connectivity index (χ3n) is 4.45. The number of para-hydroxylation sites is 1. The minimum Gasteiger partial charge on any atom is -0.457 e. The third-order valence-corrected chi connectivity index (χ3v) is 4.45. The Kier molecular flexibility index (Phi) is 2.51. The fourth-order valence-corrected chi connectivity index (χ4v) is 3.31. The summed E-state index contributed by atoms with van der Waals surface area (Å²) < 4.78 is 19.8. The zero-order valence-electron chi connectivity index (χ0n) is 11.7. The first-order valence-corrected chi connectivity index (χ1v) is 7.09. The van der Waals surface area contributed by atoms with E-state index < -0.39 is 5.60 Å². The number of fused-ring (bicyclic) bond motifs is 2. The van der Waals surface area contributed by atoms with E-state index in [1.807, 2.05) is 31.2 Å². The van der Waals surface area contributed by atoms with Gasteiger partial charge in [0.1, 0.15) is 22.8 Å². The molecule has 0 spiro atoms. The summed E-state index contributed by atoms with van der Waals surface area (Å²) in [6, 6.07) is 12.6. The van der Waals surface area contributed by atoms with Crippen molar-refractivity contribution in [2.75, 3.05) is 0 Å². The van der Waals surface area contributed by atoms with Gasteiger partial charge in [-0.2, -0.15) is 0 Å². The summed E-state index contributed by atoms with van der Waals surface area (Å²) in [5, 5.41) is 12.0. The van der Waals surface area contributed by atoms with Gasteiger partial charge < -0.3 is 9.52 Å². The number of aliphatic hydroxyl groups is 1. The third kappa shape index (κ3) is 1.67. The minimum atomic E-state index is -1.23. The monoisotopic (exact) mass is 282 g/mol. The van der Waals surface area contributed by atoms with Crippen LogP contribution in [0.3, 0.4) is 0 Å². The summed E-state index contributed by atoms with van der Waals surface area (Å²) >= 11 is 0. The Hall–Kier alpha value is -2.13. The van der Waals surface area contributed by atoms with Gasteiger partial charge in [-0.1, -0.05) is 30.3 Å². The summed E-state index contributed by atoms with van der Waals surface area (Å²) in [5.41, 5.74) is 1.80. The Morgan fingerprint density at radius 3 is 2.81 bits per heavy atom. The standard InChI is InChI=1S/C18H15FO2/c1-11-4-2-5-12-10-16(21-17(11)12)18(20)9-8-13-14(18)6-3-7-15(13)19/h2-7,10,20H,8-9H2,1H3. The molecule has 1 unspecified atom stereocenters. The van der Waals surface area contributed by atoms with E-state index in [9.17, 15) is 9.50 Å². The Morgan fingerprint density at radius 1 is 1.19 bits per heavy atom. The zero-order valence-corrected chi connectivity index (χ0v) is 11.7. The molecule has 2 nitrogen and oxygen atoms in total. The van der Waals surface area contributed by atoms with Gasteiger partial charge in [-0.25, -0.2) is 4.39 Å². The Bertz CT molecular complexity index is 850. The maximum atomic E-state index is 13.9. The lowest BCUT2D eigenvalue weighted by molar-refractivity contribution is 0.0604. The maximum absolute atomic E-state index is 13.9. The number of hydrogen-bond donors (Lipinski definition) is 1. The molecule has 0 radical (unpaired) electrons. The molecule has 0 aliphatic heterocycles.